The maximum atomic E-state index is 13.0. The second-order valence-electron chi connectivity index (χ2n) is 7.29. The van der Waals surface area contributed by atoms with Crippen LogP contribution in [-0.4, -0.2) is 47.7 Å². The first kappa shape index (κ1) is 18.7. The number of aliphatic hydroxyl groups is 1. The number of likely N-dealkylation sites (tertiary alicyclic amines) is 1. The largest absolute Gasteiger partial charge is 0.396 e. The summed E-state index contributed by atoms with van der Waals surface area (Å²) in [6.45, 7) is 1.33. The van der Waals surface area contributed by atoms with Gasteiger partial charge in [-0.1, -0.05) is 12.8 Å². The number of rotatable bonds is 5. The van der Waals surface area contributed by atoms with Crippen molar-refractivity contribution in [3.05, 3.63) is 29.8 Å². The molecule has 3 rings (SSSR count). The summed E-state index contributed by atoms with van der Waals surface area (Å²) < 4.78 is 0. The van der Waals surface area contributed by atoms with Crippen LogP contribution in [0, 0.1) is 5.92 Å². The Bertz CT molecular complexity index is 615. The van der Waals surface area contributed by atoms with Gasteiger partial charge in [-0.3, -0.25) is 4.79 Å². The molecule has 0 radical (unpaired) electrons. The summed E-state index contributed by atoms with van der Waals surface area (Å²) in [5.41, 5.74) is 1.33. The van der Waals surface area contributed by atoms with E-state index in [9.17, 15) is 9.59 Å². The average molecular weight is 359 g/mol. The summed E-state index contributed by atoms with van der Waals surface area (Å²) in [4.78, 5) is 26.8. The number of hydrogen-bond acceptors (Lipinski definition) is 3. The summed E-state index contributed by atoms with van der Waals surface area (Å²) >= 11 is 0. The van der Waals surface area contributed by atoms with Crippen molar-refractivity contribution >= 4 is 17.6 Å². The van der Waals surface area contributed by atoms with Crippen LogP contribution in [0.1, 0.15) is 55.3 Å². The standard InChI is InChI=1S/C20H29N3O3/c24-14-4-12-21-20(26)22-17-10-8-16(9-11-17)19(25)23-13-3-6-15-5-1-2-7-18(15)23/h8-11,15,18,24H,1-7,12-14H2,(H2,21,22,26)/t15?,18-/m0/s1. The molecule has 6 heteroatoms. The highest BCUT2D eigenvalue weighted by Crippen LogP contribution is 2.35. The summed E-state index contributed by atoms with van der Waals surface area (Å²) in [6.07, 6.45) is 7.78. The quantitative estimate of drug-likeness (QED) is 0.707. The van der Waals surface area contributed by atoms with Crippen LogP contribution >= 0.6 is 0 Å². The highest BCUT2D eigenvalue weighted by molar-refractivity contribution is 5.95. The summed E-state index contributed by atoms with van der Waals surface area (Å²) in [5.74, 6) is 0.783. The Morgan fingerprint density at radius 2 is 1.81 bits per heavy atom. The molecule has 0 bridgehead atoms. The van der Waals surface area contributed by atoms with Gasteiger partial charge in [-0.05, 0) is 62.3 Å². The van der Waals surface area contributed by atoms with Gasteiger partial charge in [-0.15, -0.1) is 0 Å². The molecule has 0 spiro atoms. The Kier molecular flexibility index (Phi) is 6.50. The molecule has 142 valence electrons. The number of nitrogens with zero attached hydrogens (tertiary/aromatic N) is 1. The van der Waals surface area contributed by atoms with Gasteiger partial charge in [-0.2, -0.15) is 0 Å². The molecular formula is C20H29N3O3. The number of piperidine rings is 1. The fourth-order valence-electron chi connectivity index (χ4n) is 4.20. The Balaban J connectivity index is 1.59. The van der Waals surface area contributed by atoms with Crippen LogP contribution in [0.5, 0.6) is 0 Å². The number of fused-ring (bicyclic) bond motifs is 1. The smallest absolute Gasteiger partial charge is 0.319 e. The maximum absolute atomic E-state index is 13.0. The number of anilines is 1. The van der Waals surface area contributed by atoms with E-state index in [1.54, 1.807) is 24.3 Å². The molecule has 1 aromatic carbocycles. The molecule has 2 aliphatic rings. The lowest BCUT2D eigenvalue weighted by atomic mass is 9.78. The lowest BCUT2D eigenvalue weighted by Gasteiger charge is -2.44. The molecule has 1 aromatic rings. The van der Waals surface area contributed by atoms with Crippen molar-refractivity contribution in [1.29, 1.82) is 0 Å². The minimum absolute atomic E-state index is 0.0510. The highest BCUT2D eigenvalue weighted by Gasteiger charge is 2.35. The first-order valence-electron chi connectivity index (χ1n) is 9.76. The molecule has 2 atom stereocenters. The first-order valence-corrected chi connectivity index (χ1v) is 9.76. The van der Waals surface area contributed by atoms with E-state index >= 15 is 0 Å². The zero-order chi connectivity index (χ0) is 18.4. The highest BCUT2D eigenvalue weighted by atomic mass is 16.3. The van der Waals surface area contributed by atoms with Gasteiger partial charge in [0.05, 0.1) is 0 Å². The second kappa shape index (κ2) is 9.03. The Morgan fingerprint density at radius 1 is 1.08 bits per heavy atom. The predicted octanol–water partition coefficient (Wildman–Crippen LogP) is 2.99. The van der Waals surface area contributed by atoms with Gasteiger partial charge in [0.2, 0.25) is 0 Å². The van der Waals surface area contributed by atoms with E-state index in [0.29, 0.717) is 36.2 Å². The number of carbonyl (C=O) groups is 2. The van der Waals surface area contributed by atoms with Gasteiger partial charge in [0.25, 0.3) is 5.91 Å². The molecule has 1 saturated heterocycles. The number of hydrogen-bond donors (Lipinski definition) is 3. The third-order valence-electron chi connectivity index (χ3n) is 5.51. The van der Waals surface area contributed by atoms with Gasteiger partial charge in [0, 0.05) is 37.0 Å². The van der Waals surface area contributed by atoms with Crippen LogP contribution in [-0.2, 0) is 0 Å². The summed E-state index contributed by atoms with van der Waals surface area (Å²) in [6, 6.07) is 7.21. The zero-order valence-electron chi connectivity index (χ0n) is 15.2. The number of aliphatic hydroxyl groups excluding tert-OH is 1. The van der Waals surface area contributed by atoms with Gasteiger partial charge in [0.1, 0.15) is 0 Å². The van der Waals surface area contributed by atoms with E-state index in [-0.39, 0.29) is 18.5 Å². The van der Waals surface area contributed by atoms with Crippen molar-refractivity contribution in [2.45, 2.75) is 51.0 Å². The van der Waals surface area contributed by atoms with Gasteiger partial charge < -0.3 is 20.6 Å². The van der Waals surface area contributed by atoms with E-state index in [2.05, 4.69) is 15.5 Å². The number of urea groups is 1. The number of nitrogens with one attached hydrogen (secondary N) is 2. The van der Waals surface area contributed by atoms with Crippen LogP contribution in [0.3, 0.4) is 0 Å². The molecule has 26 heavy (non-hydrogen) atoms. The minimum atomic E-state index is -0.307. The van der Waals surface area contributed by atoms with Gasteiger partial charge in [0.15, 0.2) is 0 Å². The van der Waals surface area contributed by atoms with E-state index in [0.717, 1.165) is 19.4 Å². The fraction of sp³-hybridized carbons (Fsp3) is 0.600. The van der Waals surface area contributed by atoms with Crippen molar-refractivity contribution < 1.29 is 14.7 Å². The van der Waals surface area contributed by atoms with Crippen molar-refractivity contribution in [2.75, 3.05) is 25.0 Å². The lowest BCUT2D eigenvalue weighted by molar-refractivity contribution is 0.0390. The molecule has 2 fully saturated rings. The van der Waals surface area contributed by atoms with Crippen molar-refractivity contribution in [3.63, 3.8) is 0 Å². The SMILES string of the molecule is O=C(NCCCO)Nc1ccc(C(=O)N2CCCC3CCCC[C@@H]32)cc1. The molecule has 0 aromatic heterocycles. The van der Waals surface area contributed by atoms with Gasteiger partial charge >= 0.3 is 6.03 Å². The molecule has 6 nitrogen and oxygen atoms in total. The molecular weight excluding hydrogens is 330 g/mol. The molecule has 1 heterocycles. The second-order valence-corrected chi connectivity index (χ2v) is 7.29. The average Bonchev–Trinajstić information content (AvgIpc) is 2.68. The monoisotopic (exact) mass is 359 g/mol. The van der Waals surface area contributed by atoms with E-state index in [1.807, 2.05) is 0 Å². The Hall–Kier alpha value is -2.08. The normalized spacial score (nSPS) is 22.4. The Labute approximate surface area is 155 Å². The topological polar surface area (TPSA) is 81.7 Å². The van der Waals surface area contributed by atoms with Crippen LogP contribution < -0.4 is 10.6 Å². The number of amides is 3. The van der Waals surface area contributed by atoms with Crippen LogP contribution in [0.15, 0.2) is 24.3 Å². The lowest BCUT2D eigenvalue weighted by Crippen LogP contribution is -2.49. The molecule has 3 amide bonds. The van der Waals surface area contributed by atoms with E-state index in [4.69, 9.17) is 5.11 Å². The van der Waals surface area contributed by atoms with Crippen molar-refractivity contribution in [3.8, 4) is 0 Å². The predicted molar refractivity (Wildman–Crippen MR) is 101 cm³/mol. The Morgan fingerprint density at radius 3 is 2.58 bits per heavy atom. The molecule has 3 N–H and O–H groups in total. The van der Waals surface area contributed by atoms with E-state index < -0.39 is 0 Å². The summed E-state index contributed by atoms with van der Waals surface area (Å²) in [5, 5.41) is 14.1. The number of benzene rings is 1. The molecule has 1 aliphatic heterocycles. The maximum Gasteiger partial charge on any atom is 0.319 e. The molecule has 1 aliphatic carbocycles. The van der Waals surface area contributed by atoms with E-state index in [1.165, 1.54) is 25.7 Å². The van der Waals surface area contributed by atoms with Crippen LogP contribution in [0.25, 0.3) is 0 Å². The minimum Gasteiger partial charge on any atom is -0.396 e. The van der Waals surface area contributed by atoms with Crippen molar-refractivity contribution in [2.24, 2.45) is 5.92 Å². The van der Waals surface area contributed by atoms with Crippen LogP contribution in [0.2, 0.25) is 0 Å². The first-order chi connectivity index (χ1) is 12.7. The third kappa shape index (κ3) is 4.55. The van der Waals surface area contributed by atoms with Crippen LogP contribution in [0.4, 0.5) is 10.5 Å². The van der Waals surface area contributed by atoms with Crippen molar-refractivity contribution in [1.82, 2.24) is 10.2 Å². The molecule has 1 unspecified atom stereocenters. The number of carbonyl (C=O) groups excluding carboxylic acids is 2. The third-order valence-corrected chi connectivity index (χ3v) is 5.51. The summed E-state index contributed by atoms with van der Waals surface area (Å²) in [7, 11) is 0. The zero-order valence-corrected chi connectivity index (χ0v) is 15.2. The molecule has 1 saturated carbocycles. The fourth-order valence-corrected chi connectivity index (χ4v) is 4.20. The van der Waals surface area contributed by atoms with Gasteiger partial charge in [-0.25, -0.2) is 4.79 Å².